The Balaban J connectivity index is 2.35. The molecule has 1 atom stereocenters. The van der Waals surface area contributed by atoms with Gasteiger partial charge in [0.1, 0.15) is 22.6 Å². The molecule has 20 heavy (non-hydrogen) atoms. The molecule has 0 amide bonds. The molecule has 0 aliphatic carbocycles. The first-order valence-corrected chi connectivity index (χ1v) is 6.41. The number of hydrogen-bond donors (Lipinski definition) is 1. The van der Waals surface area contributed by atoms with Gasteiger partial charge in [-0.1, -0.05) is 29.8 Å². The van der Waals surface area contributed by atoms with Crippen LogP contribution >= 0.6 is 11.6 Å². The van der Waals surface area contributed by atoms with Gasteiger partial charge in [-0.3, -0.25) is 4.79 Å². The minimum atomic E-state index is -0.361. The molecule has 104 valence electrons. The zero-order valence-corrected chi connectivity index (χ0v) is 11.8. The number of rotatable bonds is 4. The quantitative estimate of drug-likeness (QED) is 0.692. The van der Waals surface area contributed by atoms with Gasteiger partial charge in [0.25, 0.3) is 0 Å². The third kappa shape index (κ3) is 2.93. The van der Waals surface area contributed by atoms with Gasteiger partial charge in [-0.05, 0) is 19.9 Å². The summed E-state index contributed by atoms with van der Waals surface area (Å²) in [7, 11) is 0. The lowest BCUT2D eigenvalue weighted by atomic mass is 10.1. The summed E-state index contributed by atoms with van der Waals surface area (Å²) in [5.74, 6) is 0.411. The van der Waals surface area contributed by atoms with Crippen molar-refractivity contribution in [3.8, 4) is 0 Å². The maximum atomic E-state index is 13.7. The molecule has 0 saturated heterocycles. The lowest BCUT2D eigenvalue weighted by Gasteiger charge is -2.17. The van der Waals surface area contributed by atoms with Crippen molar-refractivity contribution in [3.05, 3.63) is 52.2 Å². The molecule has 1 N–H and O–H groups in total. The minimum absolute atomic E-state index is 0.0794. The van der Waals surface area contributed by atoms with E-state index in [1.54, 1.807) is 32.0 Å². The predicted molar refractivity (Wildman–Crippen MR) is 75.6 cm³/mol. The first-order chi connectivity index (χ1) is 9.52. The number of carbonyl (C=O) groups excluding carboxylic acids is 1. The van der Waals surface area contributed by atoms with Crippen molar-refractivity contribution in [3.63, 3.8) is 0 Å². The number of halogens is 2. The summed E-state index contributed by atoms with van der Waals surface area (Å²) >= 11 is 5.90. The van der Waals surface area contributed by atoms with Crippen LogP contribution in [0.1, 0.15) is 34.7 Å². The van der Waals surface area contributed by atoms with Gasteiger partial charge in [-0.25, -0.2) is 14.4 Å². The Kier molecular flexibility index (Phi) is 4.29. The van der Waals surface area contributed by atoms with Crippen LogP contribution in [0.15, 0.2) is 24.3 Å². The fraction of sp³-hybridized carbons (Fsp3) is 0.214. The van der Waals surface area contributed by atoms with E-state index in [4.69, 9.17) is 11.6 Å². The van der Waals surface area contributed by atoms with Crippen molar-refractivity contribution in [2.75, 3.05) is 5.32 Å². The zero-order chi connectivity index (χ0) is 14.7. The molecular weight excluding hydrogens is 281 g/mol. The molecule has 0 saturated carbocycles. The third-order valence-corrected chi connectivity index (χ3v) is 3.14. The summed E-state index contributed by atoms with van der Waals surface area (Å²) < 4.78 is 13.7. The average Bonchev–Trinajstić information content (AvgIpc) is 2.38. The monoisotopic (exact) mass is 293 g/mol. The molecule has 2 aromatic rings. The highest BCUT2D eigenvalue weighted by Gasteiger charge is 2.16. The van der Waals surface area contributed by atoms with Crippen LogP contribution in [-0.4, -0.2) is 16.3 Å². The van der Waals surface area contributed by atoms with E-state index in [1.807, 2.05) is 0 Å². The lowest BCUT2D eigenvalue weighted by molar-refractivity contribution is 0.112. The van der Waals surface area contributed by atoms with Crippen molar-refractivity contribution in [2.24, 2.45) is 0 Å². The second-order valence-electron chi connectivity index (χ2n) is 4.33. The van der Waals surface area contributed by atoms with E-state index in [9.17, 15) is 9.18 Å². The second kappa shape index (κ2) is 5.96. The highest BCUT2D eigenvalue weighted by molar-refractivity contribution is 6.32. The second-order valence-corrected chi connectivity index (χ2v) is 4.69. The predicted octanol–water partition coefficient (Wildman–Crippen LogP) is 3.56. The van der Waals surface area contributed by atoms with E-state index in [0.29, 0.717) is 23.5 Å². The van der Waals surface area contributed by atoms with Gasteiger partial charge in [0.15, 0.2) is 6.29 Å². The van der Waals surface area contributed by atoms with Gasteiger partial charge in [0.05, 0.1) is 11.6 Å². The Bertz CT molecular complexity index is 648. The molecule has 0 bridgehead atoms. The molecule has 1 aromatic heterocycles. The number of aromatic nitrogens is 2. The van der Waals surface area contributed by atoms with Gasteiger partial charge in [-0.15, -0.1) is 0 Å². The highest BCUT2D eigenvalue weighted by Crippen LogP contribution is 2.25. The first-order valence-electron chi connectivity index (χ1n) is 6.03. The van der Waals surface area contributed by atoms with Crippen LogP contribution < -0.4 is 5.32 Å². The maximum absolute atomic E-state index is 13.7. The van der Waals surface area contributed by atoms with Crippen LogP contribution in [-0.2, 0) is 0 Å². The summed E-state index contributed by atoms with van der Waals surface area (Å²) in [5, 5.41) is 3.07. The van der Waals surface area contributed by atoms with E-state index in [0.717, 1.165) is 0 Å². The van der Waals surface area contributed by atoms with E-state index < -0.39 is 0 Å². The minimum Gasteiger partial charge on any atom is -0.363 e. The van der Waals surface area contributed by atoms with Crippen LogP contribution in [0.3, 0.4) is 0 Å². The molecule has 0 radical (unpaired) electrons. The topological polar surface area (TPSA) is 54.9 Å². The number of aldehydes is 1. The number of nitrogens with zero attached hydrogens (tertiary/aromatic N) is 2. The standard InChI is InChI=1S/C14H13ClFN3O/c1-8(10-5-3-4-6-12(10)16)17-14-11(7-20)13(15)18-9(2)19-14/h3-8H,1-2H3,(H,17,18,19). The zero-order valence-electron chi connectivity index (χ0n) is 11.0. The number of hydrogen-bond acceptors (Lipinski definition) is 4. The number of aryl methyl sites for hydroxylation is 1. The molecule has 0 aliphatic heterocycles. The highest BCUT2D eigenvalue weighted by atomic mass is 35.5. The van der Waals surface area contributed by atoms with E-state index in [1.165, 1.54) is 6.07 Å². The molecule has 2 rings (SSSR count). The summed E-state index contributed by atoms with van der Waals surface area (Å²) in [5.41, 5.74) is 0.650. The van der Waals surface area contributed by atoms with Crippen LogP contribution in [0.2, 0.25) is 5.15 Å². The summed E-state index contributed by atoms with van der Waals surface area (Å²) in [4.78, 5) is 19.1. The van der Waals surface area contributed by atoms with Crippen molar-refractivity contribution in [1.29, 1.82) is 0 Å². The Morgan fingerprint density at radius 3 is 2.70 bits per heavy atom. The Hall–Kier alpha value is -2.01. The molecule has 6 heteroatoms. The third-order valence-electron chi connectivity index (χ3n) is 2.85. The number of benzene rings is 1. The molecule has 1 aromatic carbocycles. The number of nitrogens with one attached hydrogen (secondary N) is 1. The lowest BCUT2D eigenvalue weighted by Crippen LogP contribution is -2.13. The molecule has 4 nitrogen and oxygen atoms in total. The Morgan fingerprint density at radius 1 is 1.35 bits per heavy atom. The van der Waals surface area contributed by atoms with E-state index >= 15 is 0 Å². The van der Waals surface area contributed by atoms with Crippen molar-refractivity contribution < 1.29 is 9.18 Å². The van der Waals surface area contributed by atoms with Gasteiger partial charge >= 0.3 is 0 Å². The number of anilines is 1. The summed E-state index contributed by atoms with van der Waals surface area (Å²) in [6, 6.07) is 6.05. The molecule has 1 unspecified atom stereocenters. The fourth-order valence-corrected chi connectivity index (χ4v) is 2.13. The van der Waals surface area contributed by atoms with Crippen LogP contribution in [0.4, 0.5) is 10.2 Å². The van der Waals surface area contributed by atoms with Gasteiger partial charge in [0, 0.05) is 5.56 Å². The Morgan fingerprint density at radius 2 is 2.05 bits per heavy atom. The maximum Gasteiger partial charge on any atom is 0.156 e. The first kappa shape index (κ1) is 14.4. The van der Waals surface area contributed by atoms with Gasteiger partial charge < -0.3 is 5.32 Å². The fourth-order valence-electron chi connectivity index (χ4n) is 1.87. The molecule has 0 spiro atoms. The van der Waals surface area contributed by atoms with Gasteiger partial charge in [0.2, 0.25) is 0 Å². The summed E-state index contributed by atoms with van der Waals surface area (Å²) in [6.45, 7) is 3.44. The van der Waals surface area contributed by atoms with E-state index in [2.05, 4.69) is 15.3 Å². The van der Waals surface area contributed by atoms with Crippen molar-refractivity contribution in [1.82, 2.24) is 9.97 Å². The smallest absolute Gasteiger partial charge is 0.156 e. The van der Waals surface area contributed by atoms with Crippen LogP contribution in [0.5, 0.6) is 0 Å². The molecule has 0 fully saturated rings. The normalized spacial score (nSPS) is 12.0. The van der Waals surface area contributed by atoms with Gasteiger partial charge in [-0.2, -0.15) is 0 Å². The number of carbonyl (C=O) groups is 1. The molecule has 1 heterocycles. The van der Waals surface area contributed by atoms with Crippen molar-refractivity contribution >= 4 is 23.7 Å². The SMILES string of the molecule is Cc1nc(Cl)c(C=O)c(NC(C)c2ccccc2F)n1. The largest absolute Gasteiger partial charge is 0.363 e. The van der Waals surface area contributed by atoms with Crippen LogP contribution in [0, 0.1) is 12.7 Å². The summed E-state index contributed by atoms with van der Waals surface area (Å²) in [6.07, 6.45) is 0.582. The van der Waals surface area contributed by atoms with Crippen molar-refractivity contribution in [2.45, 2.75) is 19.9 Å². The average molecular weight is 294 g/mol. The molecule has 0 aliphatic rings. The Labute approximate surface area is 121 Å². The van der Waals surface area contributed by atoms with E-state index in [-0.39, 0.29) is 22.6 Å². The molecular formula is C14H13ClFN3O. The van der Waals surface area contributed by atoms with Crippen LogP contribution in [0.25, 0.3) is 0 Å².